The number of carbonyl (C=O) groups is 1. The predicted molar refractivity (Wildman–Crippen MR) is 108 cm³/mol. The Morgan fingerprint density at radius 3 is 2.70 bits per heavy atom. The Morgan fingerprint density at radius 2 is 2.00 bits per heavy atom. The summed E-state index contributed by atoms with van der Waals surface area (Å²) in [6, 6.07) is 9.51. The summed E-state index contributed by atoms with van der Waals surface area (Å²) in [5, 5.41) is 3.56. The van der Waals surface area contributed by atoms with Crippen molar-refractivity contribution in [1.82, 2.24) is 4.98 Å². The third kappa shape index (κ3) is 4.52. The first-order valence-corrected chi connectivity index (χ1v) is 11.1. The normalized spacial score (nSPS) is 12.7. The molecule has 3 aromatic rings. The molecule has 0 saturated heterocycles. The molecule has 0 aliphatic rings. The zero-order valence-electron chi connectivity index (χ0n) is 14.2. The van der Waals surface area contributed by atoms with Gasteiger partial charge in [-0.15, -0.1) is 0 Å². The van der Waals surface area contributed by atoms with Crippen molar-refractivity contribution in [3.63, 3.8) is 0 Å². The third-order valence-electron chi connectivity index (χ3n) is 3.61. The Hall–Kier alpha value is -1.87. The summed E-state index contributed by atoms with van der Waals surface area (Å²) < 4.78 is 29.5. The number of amides is 1. The van der Waals surface area contributed by atoms with E-state index in [9.17, 15) is 13.2 Å². The molecular weight excluding hydrogens is 431 g/mol. The number of benzene rings is 2. The molecule has 2 aromatic carbocycles. The lowest BCUT2D eigenvalue weighted by molar-refractivity contribution is -0.122. The molecule has 1 N–H and O–H groups in total. The Balaban J connectivity index is 1.76. The van der Waals surface area contributed by atoms with Crippen LogP contribution in [-0.2, 0) is 14.6 Å². The number of hydrogen-bond acceptors (Lipinski definition) is 6. The zero-order chi connectivity index (χ0) is 19.8. The SMILES string of the molecule is CC(Oc1cccc(Cl)c1Cl)C(=O)Nc1nc2ccc(S(C)(=O)=O)cc2s1. The molecular formula is C17H14Cl2N2O4S2. The number of fused-ring (bicyclic) bond motifs is 1. The van der Waals surface area contributed by atoms with Crippen molar-refractivity contribution < 1.29 is 17.9 Å². The number of carbonyl (C=O) groups excluding carboxylic acids is 1. The fourth-order valence-electron chi connectivity index (χ4n) is 2.22. The number of nitrogens with zero attached hydrogens (tertiary/aromatic N) is 1. The molecule has 1 aromatic heterocycles. The highest BCUT2D eigenvalue weighted by Crippen LogP contribution is 2.32. The number of thiazole rings is 1. The zero-order valence-corrected chi connectivity index (χ0v) is 17.3. The Morgan fingerprint density at radius 1 is 1.26 bits per heavy atom. The van der Waals surface area contributed by atoms with Crippen LogP contribution in [0.1, 0.15) is 6.92 Å². The molecule has 0 bridgehead atoms. The molecule has 142 valence electrons. The van der Waals surface area contributed by atoms with Crippen molar-refractivity contribution in [2.45, 2.75) is 17.9 Å². The van der Waals surface area contributed by atoms with Crippen LogP contribution >= 0.6 is 34.5 Å². The van der Waals surface area contributed by atoms with Gasteiger partial charge in [-0.3, -0.25) is 10.1 Å². The van der Waals surface area contributed by atoms with E-state index >= 15 is 0 Å². The second kappa shape index (κ2) is 7.63. The highest BCUT2D eigenvalue weighted by Gasteiger charge is 2.19. The summed E-state index contributed by atoms with van der Waals surface area (Å²) in [6.07, 6.45) is 0.289. The van der Waals surface area contributed by atoms with E-state index in [2.05, 4.69) is 10.3 Å². The first-order chi connectivity index (χ1) is 12.6. The molecule has 1 atom stereocenters. The van der Waals surface area contributed by atoms with Crippen LogP contribution in [0.25, 0.3) is 10.2 Å². The number of sulfone groups is 1. The monoisotopic (exact) mass is 444 g/mol. The van der Waals surface area contributed by atoms with E-state index in [1.807, 2.05) is 0 Å². The van der Waals surface area contributed by atoms with Crippen LogP contribution in [0.5, 0.6) is 5.75 Å². The Bertz CT molecular complexity index is 1130. The van der Waals surface area contributed by atoms with Gasteiger partial charge in [0.2, 0.25) is 0 Å². The van der Waals surface area contributed by atoms with Crippen LogP contribution in [0, 0.1) is 0 Å². The number of anilines is 1. The number of nitrogens with one attached hydrogen (secondary N) is 1. The molecule has 0 aliphatic heterocycles. The van der Waals surface area contributed by atoms with E-state index in [0.29, 0.717) is 26.1 Å². The first kappa shape index (κ1) is 19.9. The molecule has 6 nitrogen and oxygen atoms in total. The van der Waals surface area contributed by atoms with Crippen LogP contribution < -0.4 is 10.1 Å². The molecule has 0 spiro atoms. The average molecular weight is 445 g/mol. The van der Waals surface area contributed by atoms with Crippen molar-refractivity contribution in [2.24, 2.45) is 0 Å². The van der Waals surface area contributed by atoms with E-state index in [0.717, 1.165) is 6.26 Å². The molecule has 1 unspecified atom stereocenters. The quantitative estimate of drug-likeness (QED) is 0.629. The van der Waals surface area contributed by atoms with E-state index in [1.54, 1.807) is 31.2 Å². The topological polar surface area (TPSA) is 85.4 Å². The molecule has 1 amide bonds. The lowest BCUT2D eigenvalue weighted by Gasteiger charge is -2.15. The van der Waals surface area contributed by atoms with Gasteiger partial charge in [-0.05, 0) is 37.3 Å². The number of hydrogen-bond donors (Lipinski definition) is 1. The molecule has 0 aliphatic carbocycles. The number of aromatic nitrogens is 1. The Labute approximate surface area is 170 Å². The summed E-state index contributed by atoms with van der Waals surface area (Å²) >= 11 is 13.2. The standard InChI is InChI=1S/C17H14Cl2N2O4S2/c1-9(25-13-5-3-4-11(18)15(13)19)16(22)21-17-20-12-7-6-10(27(2,23)24)8-14(12)26-17/h3-9H,1-2H3,(H,20,21,22). The minimum atomic E-state index is -3.32. The maximum absolute atomic E-state index is 12.4. The van der Waals surface area contributed by atoms with Gasteiger partial charge < -0.3 is 4.74 Å². The second-order valence-electron chi connectivity index (χ2n) is 5.72. The summed E-state index contributed by atoms with van der Waals surface area (Å²) in [4.78, 5) is 16.9. The first-order valence-electron chi connectivity index (χ1n) is 7.67. The fraction of sp³-hybridized carbons (Fsp3) is 0.176. The highest BCUT2D eigenvalue weighted by molar-refractivity contribution is 7.90. The van der Waals surface area contributed by atoms with Gasteiger partial charge in [0.15, 0.2) is 21.1 Å². The van der Waals surface area contributed by atoms with Crippen LogP contribution in [-0.4, -0.2) is 31.7 Å². The van der Waals surface area contributed by atoms with E-state index in [4.69, 9.17) is 27.9 Å². The van der Waals surface area contributed by atoms with Crippen LogP contribution in [0.3, 0.4) is 0 Å². The van der Waals surface area contributed by atoms with Crippen molar-refractivity contribution >= 4 is 65.6 Å². The molecule has 10 heteroatoms. The minimum Gasteiger partial charge on any atom is -0.479 e. The van der Waals surface area contributed by atoms with Gasteiger partial charge in [0, 0.05) is 6.26 Å². The molecule has 3 rings (SSSR count). The van der Waals surface area contributed by atoms with Crippen LogP contribution in [0.2, 0.25) is 10.0 Å². The molecule has 0 saturated carbocycles. The second-order valence-corrected chi connectivity index (χ2v) is 9.55. The van der Waals surface area contributed by atoms with Crippen LogP contribution in [0.4, 0.5) is 5.13 Å². The maximum atomic E-state index is 12.4. The summed E-state index contributed by atoms with van der Waals surface area (Å²) in [5.41, 5.74) is 0.592. The number of rotatable bonds is 5. The van der Waals surface area contributed by atoms with Gasteiger partial charge in [0.05, 0.1) is 20.1 Å². The molecule has 0 radical (unpaired) electrons. The lowest BCUT2D eigenvalue weighted by Crippen LogP contribution is -2.30. The number of ether oxygens (including phenoxy) is 1. The maximum Gasteiger partial charge on any atom is 0.266 e. The van der Waals surface area contributed by atoms with E-state index in [-0.39, 0.29) is 9.92 Å². The van der Waals surface area contributed by atoms with Gasteiger partial charge in [0.25, 0.3) is 5.91 Å². The van der Waals surface area contributed by atoms with E-state index < -0.39 is 21.8 Å². The Kier molecular flexibility index (Phi) is 5.62. The molecule has 27 heavy (non-hydrogen) atoms. The third-order valence-corrected chi connectivity index (χ3v) is 6.45. The summed E-state index contributed by atoms with van der Waals surface area (Å²) in [5.74, 6) is -0.123. The van der Waals surface area contributed by atoms with Gasteiger partial charge in [-0.2, -0.15) is 0 Å². The van der Waals surface area contributed by atoms with Gasteiger partial charge >= 0.3 is 0 Å². The average Bonchev–Trinajstić information content (AvgIpc) is 2.99. The predicted octanol–water partition coefficient (Wildman–Crippen LogP) is 4.41. The van der Waals surface area contributed by atoms with Gasteiger partial charge in [-0.1, -0.05) is 40.6 Å². The minimum absolute atomic E-state index is 0.198. The lowest BCUT2D eigenvalue weighted by atomic mass is 10.3. The largest absolute Gasteiger partial charge is 0.479 e. The van der Waals surface area contributed by atoms with Gasteiger partial charge in [-0.25, -0.2) is 13.4 Å². The molecule has 0 fully saturated rings. The summed E-state index contributed by atoms with van der Waals surface area (Å²) in [6.45, 7) is 1.57. The van der Waals surface area contributed by atoms with Crippen molar-refractivity contribution in [3.05, 3.63) is 46.4 Å². The number of halogens is 2. The fourth-order valence-corrected chi connectivity index (χ4v) is 4.18. The van der Waals surface area contributed by atoms with E-state index in [1.165, 1.54) is 23.5 Å². The van der Waals surface area contributed by atoms with Crippen molar-refractivity contribution in [2.75, 3.05) is 11.6 Å². The van der Waals surface area contributed by atoms with Crippen LogP contribution in [0.15, 0.2) is 41.3 Å². The van der Waals surface area contributed by atoms with Crippen molar-refractivity contribution in [3.8, 4) is 5.75 Å². The summed E-state index contributed by atoms with van der Waals surface area (Å²) in [7, 11) is -3.32. The molecule has 1 heterocycles. The van der Waals surface area contributed by atoms with Crippen molar-refractivity contribution in [1.29, 1.82) is 0 Å². The highest BCUT2D eigenvalue weighted by atomic mass is 35.5. The van der Waals surface area contributed by atoms with Gasteiger partial charge in [0.1, 0.15) is 10.8 Å². The smallest absolute Gasteiger partial charge is 0.266 e.